The van der Waals surface area contributed by atoms with E-state index < -0.39 is 5.97 Å². The van der Waals surface area contributed by atoms with E-state index in [2.05, 4.69) is 11.3 Å². The van der Waals surface area contributed by atoms with Crippen LogP contribution >= 0.6 is 0 Å². The second-order valence-corrected chi connectivity index (χ2v) is 2.75. The summed E-state index contributed by atoms with van der Waals surface area (Å²) in [7, 11) is 2.92. The highest BCUT2D eigenvalue weighted by Crippen LogP contribution is 1.94. The quantitative estimate of drug-likeness (QED) is 0.318. The van der Waals surface area contributed by atoms with Crippen LogP contribution in [0.2, 0.25) is 0 Å². The topological polar surface area (TPSA) is 54.0 Å². The van der Waals surface area contributed by atoms with Gasteiger partial charge < -0.3 is 18.9 Å². The van der Waals surface area contributed by atoms with E-state index in [1.54, 1.807) is 7.11 Å². The van der Waals surface area contributed by atoms with Crippen molar-refractivity contribution in [2.75, 3.05) is 47.3 Å². The number of carbonyl (C=O) groups excluding carboxylic acids is 1. The molecule has 0 saturated heterocycles. The molecule has 0 atom stereocenters. The highest BCUT2D eigenvalue weighted by Gasteiger charge is 2.05. The van der Waals surface area contributed by atoms with Crippen LogP contribution in [0.3, 0.4) is 0 Å². The van der Waals surface area contributed by atoms with Crippen molar-refractivity contribution in [3.63, 3.8) is 0 Å². The Morgan fingerprint density at radius 2 is 1.67 bits per heavy atom. The molecule has 0 rings (SSSR count). The van der Waals surface area contributed by atoms with Gasteiger partial charge in [-0.1, -0.05) is 6.58 Å². The molecule has 0 aliphatic heterocycles. The number of ether oxygens (including phenoxy) is 4. The minimum Gasteiger partial charge on any atom is -0.466 e. The Bertz CT molecular complexity index is 190. The molecule has 0 unspecified atom stereocenters. The Kier molecular flexibility index (Phi) is 9.05. The van der Waals surface area contributed by atoms with E-state index in [1.165, 1.54) is 7.11 Å². The van der Waals surface area contributed by atoms with Crippen molar-refractivity contribution in [1.29, 1.82) is 0 Å². The van der Waals surface area contributed by atoms with Crippen molar-refractivity contribution in [1.82, 2.24) is 0 Å². The van der Waals surface area contributed by atoms with Gasteiger partial charge in [-0.15, -0.1) is 0 Å². The SMILES string of the molecule is C=C(COCCOCCOC)C(=O)OC. The molecule has 5 heteroatoms. The van der Waals surface area contributed by atoms with E-state index in [4.69, 9.17) is 14.2 Å². The minimum absolute atomic E-state index is 0.167. The molecular formula is C10H18O5. The van der Waals surface area contributed by atoms with Crippen LogP contribution in [-0.2, 0) is 23.7 Å². The fourth-order valence-corrected chi connectivity index (χ4v) is 0.761. The van der Waals surface area contributed by atoms with Crippen molar-refractivity contribution >= 4 is 5.97 Å². The first kappa shape index (κ1) is 14.1. The van der Waals surface area contributed by atoms with Crippen molar-refractivity contribution in [2.45, 2.75) is 0 Å². The molecule has 0 radical (unpaired) electrons. The maximum absolute atomic E-state index is 10.9. The molecule has 5 nitrogen and oxygen atoms in total. The summed E-state index contributed by atoms with van der Waals surface area (Å²) in [4.78, 5) is 10.9. The molecule has 0 bridgehead atoms. The van der Waals surface area contributed by atoms with Crippen LogP contribution in [0.1, 0.15) is 0 Å². The Balaban J connectivity index is 3.24. The van der Waals surface area contributed by atoms with Crippen LogP contribution in [0.15, 0.2) is 12.2 Å². The van der Waals surface area contributed by atoms with Crippen molar-refractivity contribution in [3.05, 3.63) is 12.2 Å². The van der Waals surface area contributed by atoms with Gasteiger partial charge in [-0.2, -0.15) is 0 Å². The second kappa shape index (κ2) is 9.64. The second-order valence-electron chi connectivity index (χ2n) is 2.75. The molecule has 0 aromatic rings. The zero-order chi connectivity index (χ0) is 11.5. The maximum Gasteiger partial charge on any atom is 0.335 e. The van der Waals surface area contributed by atoms with Gasteiger partial charge in [0.25, 0.3) is 0 Å². The average Bonchev–Trinajstić information content (AvgIpc) is 2.26. The third-order valence-electron chi connectivity index (χ3n) is 1.55. The molecule has 0 spiro atoms. The molecule has 15 heavy (non-hydrogen) atoms. The van der Waals surface area contributed by atoms with E-state index in [0.717, 1.165) is 0 Å². The zero-order valence-electron chi connectivity index (χ0n) is 9.28. The average molecular weight is 218 g/mol. The monoisotopic (exact) mass is 218 g/mol. The fraction of sp³-hybridized carbons (Fsp3) is 0.700. The Hall–Kier alpha value is -0.910. The molecular weight excluding hydrogens is 200 g/mol. The van der Waals surface area contributed by atoms with Crippen LogP contribution in [0.25, 0.3) is 0 Å². The number of rotatable bonds is 9. The lowest BCUT2D eigenvalue weighted by Gasteiger charge is -2.06. The number of esters is 1. The van der Waals surface area contributed by atoms with Crippen LogP contribution in [0.4, 0.5) is 0 Å². The molecule has 0 aliphatic rings. The maximum atomic E-state index is 10.9. The molecule has 0 aliphatic carbocycles. The van der Waals surface area contributed by atoms with Gasteiger partial charge in [0.2, 0.25) is 0 Å². The summed E-state index contributed by atoms with van der Waals surface area (Å²) in [6.07, 6.45) is 0. The Morgan fingerprint density at radius 1 is 1.07 bits per heavy atom. The van der Waals surface area contributed by atoms with E-state index >= 15 is 0 Å². The van der Waals surface area contributed by atoms with Gasteiger partial charge in [0.15, 0.2) is 0 Å². The number of methoxy groups -OCH3 is 2. The van der Waals surface area contributed by atoms with Crippen molar-refractivity contribution < 1.29 is 23.7 Å². The Labute approximate surface area is 89.9 Å². The van der Waals surface area contributed by atoms with Gasteiger partial charge in [-0.3, -0.25) is 0 Å². The van der Waals surface area contributed by atoms with Crippen LogP contribution in [0.5, 0.6) is 0 Å². The molecule has 0 saturated carbocycles. The lowest BCUT2D eigenvalue weighted by atomic mass is 10.3. The predicted octanol–water partition coefficient (Wildman–Crippen LogP) is 0.395. The van der Waals surface area contributed by atoms with Crippen LogP contribution < -0.4 is 0 Å². The van der Waals surface area contributed by atoms with Crippen molar-refractivity contribution in [2.24, 2.45) is 0 Å². The smallest absolute Gasteiger partial charge is 0.335 e. The molecule has 0 heterocycles. The van der Waals surface area contributed by atoms with Crippen LogP contribution in [-0.4, -0.2) is 53.2 Å². The number of hydrogen-bond acceptors (Lipinski definition) is 5. The molecule has 0 fully saturated rings. The van der Waals surface area contributed by atoms with E-state index in [9.17, 15) is 4.79 Å². The summed E-state index contributed by atoms with van der Waals surface area (Å²) < 4.78 is 19.5. The number of hydrogen-bond donors (Lipinski definition) is 0. The molecule has 0 aromatic carbocycles. The lowest BCUT2D eigenvalue weighted by molar-refractivity contribution is -0.136. The first-order chi connectivity index (χ1) is 7.22. The van der Waals surface area contributed by atoms with Crippen molar-refractivity contribution in [3.8, 4) is 0 Å². The molecule has 88 valence electrons. The van der Waals surface area contributed by atoms with E-state index in [0.29, 0.717) is 32.0 Å². The standard InChI is InChI=1S/C10H18O5/c1-9(10(11)13-3)8-15-7-6-14-5-4-12-2/h1,4-8H2,2-3H3. The third kappa shape index (κ3) is 8.11. The van der Waals surface area contributed by atoms with Gasteiger partial charge >= 0.3 is 5.97 Å². The third-order valence-corrected chi connectivity index (χ3v) is 1.55. The van der Waals surface area contributed by atoms with Gasteiger partial charge in [0.05, 0.1) is 45.7 Å². The fourth-order valence-electron chi connectivity index (χ4n) is 0.761. The zero-order valence-corrected chi connectivity index (χ0v) is 9.28. The summed E-state index contributed by atoms with van der Waals surface area (Å²) in [5, 5.41) is 0. The molecule has 0 amide bonds. The summed E-state index contributed by atoms with van der Waals surface area (Å²) in [6, 6.07) is 0. The minimum atomic E-state index is -0.449. The summed E-state index contributed by atoms with van der Waals surface area (Å²) in [5.41, 5.74) is 0.300. The molecule has 0 N–H and O–H groups in total. The molecule has 0 aromatic heterocycles. The highest BCUT2D eigenvalue weighted by atomic mass is 16.5. The highest BCUT2D eigenvalue weighted by molar-refractivity contribution is 5.87. The summed E-state index contributed by atoms with van der Waals surface area (Å²) >= 11 is 0. The first-order valence-electron chi connectivity index (χ1n) is 4.63. The van der Waals surface area contributed by atoms with Gasteiger partial charge in [0, 0.05) is 7.11 Å². The van der Waals surface area contributed by atoms with E-state index in [1.807, 2.05) is 0 Å². The Morgan fingerprint density at radius 3 is 2.27 bits per heavy atom. The number of carbonyl (C=O) groups is 1. The van der Waals surface area contributed by atoms with E-state index in [-0.39, 0.29) is 6.61 Å². The first-order valence-corrected chi connectivity index (χ1v) is 4.63. The van der Waals surface area contributed by atoms with Crippen LogP contribution in [0, 0.1) is 0 Å². The van der Waals surface area contributed by atoms with Gasteiger partial charge in [0.1, 0.15) is 0 Å². The normalized spacial score (nSPS) is 10.0. The summed E-state index contributed by atoms with van der Waals surface area (Å²) in [5.74, 6) is -0.449. The van der Waals surface area contributed by atoms with Gasteiger partial charge in [-0.05, 0) is 0 Å². The summed E-state index contributed by atoms with van der Waals surface area (Å²) in [6.45, 7) is 5.67. The van der Waals surface area contributed by atoms with Gasteiger partial charge in [-0.25, -0.2) is 4.79 Å². The largest absolute Gasteiger partial charge is 0.466 e. The predicted molar refractivity (Wildman–Crippen MR) is 54.7 cm³/mol. The lowest BCUT2D eigenvalue weighted by Crippen LogP contribution is -2.13.